The van der Waals surface area contributed by atoms with E-state index in [1.165, 1.54) is 0 Å². The van der Waals surface area contributed by atoms with Crippen LogP contribution in [-0.2, 0) is 4.79 Å². The lowest BCUT2D eigenvalue weighted by Crippen LogP contribution is -2.39. The molecule has 6 nitrogen and oxygen atoms in total. The summed E-state index contributed by atoms with van der Waals surface area (Å²) in [6, 6.07) is 9.12. The quantitative estimate of drug-likeness (QED) is 0.634. The number of aliphatic hydroxyl groups excluding tert-OH is 1. The Labute approximate surface area is 123 Å². The Balaban J connectivity index is 1.61. The van der Waals surface area contributed by atoms with Gasteiger partial charge in [0.15, 0.2) is 0 Å². The summed E-state index contributed by atoms with van der Waals surface area (Å²) in [6.07, 6.45) is 1.40. The molecular formula is C15H19N3O3. The van der Waals surface area contributed by atoms with Crippen LogP contribution in [0, 0.1) is 11.3 Å². The molecule has 0 spiro atoms. The summed E-state index contributed by atoms with van der Waals surface area (Å²) >= 11 is 0. The van der Waals surface area contributed by atoms with Crippen molar-refractivity contribution in [1.29, 1.82) is 5.26 Å². The minimum atomic E-state index is -0.718. The summed E-state index contributed by atoms with van der Waals surface area (Å²) in [6.45, 7) is 0.569. The van der Waals surface area contributed by atoms with Gasteiger partial charge in [-0.1, -0.05) is 6.07 Å². The lowest BCUT2D eigenvalue weighted by molar-refractivity contribution is -0.120. The first-order chi connectivity index (χ1) is 10.2. The van der Waals surface area contributed by atoms with E-state index in [1.54, 1.807) is 24.3 Å². The number of aliphatic hydroxyl groups is 1. The topological polar surface area (TPSA) is 94.4 Å². The van der Waals surface area contributed by atoms with Crippen LogP contribution < -0.4 is 15.4 Å². The van der Waals surface area contributed by atoms with E-state index < -0.39 is 6.10 Å². The molecule has 1 unspecified atom stereocenters. The van der Waals surface area contributed by atoms with Gasteiger partial charge in [-0.3, -0.25) is 4.79 Å². The second-order valence-electron chi connectivity index (χ2n) is 5.08. The Morgan fingerprint density at radius 1 is 1.52 bits per heavy atom. The molecule has 0 heterocycles. The van der Waals surface area contributed by atoms with Crippen molar-refractivity contribution in [3.63, 3.8) is 0 Å². The number of nitrogens with zero attached hydrogens (tertiary/aromatic N) is 1. The monoisotopic (exact) mass is 289 g/mol. The van der Waals surface area contributed by atoms with E-state index in [-0.39, 0.29) is 25.6 Å². The van der Waals surface area contributed by atoms with Crippen LogP contribution in [0.3, 0.4) is 0 Å². The minimum absolute atomic E-state index is 0.0488. The number of hydrogen-bond donors (Lipinski definition) is 3. The van der Waals surface area contributed by atoms with Crippen LogP contribution >= 0.6 is 0 Å². The van der Waals surface area contributed by atoms with E-state index in [9.17, 15) is 9.90 Å². The van der Waals surface area contributed by atoms with Gasteiger partial charge in [-0.05, 0) is 31.0 Å². The van der Waals surface area contributed by atoms with Crippen molar-refractivity contribution < 1.29 is 14.6 Å². The number of hydrogen-bond acceptors (Lipinski definition) is 5. The second kappa shape index (κ2) is 7.62. The molecular weight excluding hydrogens is 270 g/mol. The van der Waals surface area contributed by atoms with Gasteiger partial charge in [-0.15, -0.1) is 0 Å². The molecule has 1 aliphatic carbocycles. The predicted molar refractivity (Wildman–Crippen MR) is 76.7 cm³/mol. The van der Waals surface area contributed by atoms with Crippen molar-refractivity contribution in [3.05, 3.63) is 29.8 Å². The summed E-state index contributed by atoms with van der Waals surface area (Å²) in [5.74, 6) is 0.493. The lowest BCUT2D eigenvalue weighted by atomic mass is 10.2. The largest absolute Gasteiger partial charge is 0.491 e. The Morgan fingerprint density at radius 3 is 3.05 bits per heavy atom. The average molecular weight is 289 g/mol. The first-order valence-corrected chi connectivity index (χ1v) is 6.98. The highest BCUT2D eigenvalue weighted by Crippen LogP contribution is 2.18. The molecule has 0 aliphatic heterocycles. The number of amides is 1. The first kappa shape index (κ1) is 15.3. The molecule has 21 heavy (non-hydrogen) atoms. The molecule has 1 aromatic carbocycles. The fourth-order valence-electron chi connectivity index (χ4n) is 1.77. The fraction of sp³-hybridized carbons (Fsp3) is 0.467. The summed E-state index contributed by atoms with van der Waals surface area (Å²) in [4.78, 5) is 11.4. The SMILES string of the molecule is N#Cc1cccc(OCC(O)CNCC(=O)NC2CC2)c1. The number of carbonyl (C=O) groups is 1. The molecule has 1 aliphatic rings. The molecule has 1 aromatic rings. The Hall–Kier alpha value is -2.10. The highest BCUT2D eigenvalue weighted by Gasteiger charge is 2.22. The van der Waals surface area contributed by atoms with E-state index >= 15 is 0 Å². The van der Waals surface area contributed by atoms with Crippen LogP contribution in [0.5, 0.6) is 5.75 Å². The van der Waals surface area contributed by atoms with Crippen molar-refractivity contribution in [2.24, 2.45) is 0 Å². The molecule has 1 saturated carbocycles. The zero-order chi connectivity index (χ0) is 15.1. The molecule has 0 saturated heterocycles. The smallest absolute Gasteiger partial charge is 0.234 e. The summed E-state index contributed by atoms with van der Waals surface area (Å²) < 4.78 is 5.40. The molecule has 1 atom stereocenters. The Morgan fingerprint density at radius 2 is 2.33 bits per heavy atom. The maximum Gasteiger partial charge on any atom is 0.234 e. The predicted octanol–water partition coefficient (Wildman–Crippen LogP) is 0.166. The van der Waals surface area contributed by atoms with Crippen LogP contribution in [0.25, 0.3) is 0 Å². The van der Waals surface area contributed by atoms with Crippen LogP contribution in [0.1, 0.15) is 18.4 Å². The molecule has 1 fully saturated rings. The van der Waals surface area contributed by atoms with Gasteiger partial charge in [0.1, 0.15) is 18.5 Å². The molecule has 0 aromatic heterocycles. The van der Waals surface area contributed by atoms with Crippen molar-refractivity contribution in [2.45, 2.75) is 25.0 Å². The van der Waals surface area contributed by atoms with E-state index in [0.717, 1.165) is 12.8 Å². The van der Waals surface area contributed by atoms with Gasteiger partial charge < -0.3 is 20.5 Å². The summed E-state index contributed by atoms with van der Waals surface area (Å²) in [5.41, 5.74) is 0.511. The third kappa shape index (κ3) is 5.81. The normalized spacial score (nSPS) is 15.0. The number of rotatable bonds is 8. The second-order valence-corrected chi connectivity index (χ2v) is 5.08. The summed E-state index contributed by atoms with van der Waals surface area (Å²) in [5, 5.41) is 24.3. The van der Waals surface area contributed by atoms with Gasteiger partial charge in [-0.2, -0.15) is 5.26 Å². The average Bonchev–Trinajstić information content (AvgIpc) is 3.29. The third-order valence-corrected chi connectivity index (χ3v) is 3.01. The number of nitriles is 1. The van der Waals surface area contributed by atoms with Crippen molar-refractivity contribution in [2.75, 3.05) is 19.7 Å². The number of ether oxygens (including phenoxy) is 1. The molecule has 1 amide bonds. The number of benzene rings is 1. The van der Waals surface area contributed by atoms with Crippen molar-refractivity contribution in [1.82, 2.24) is 10.6 Å². The van der Waals surface area contributed by atoms with Crippen molar-refractivity contribution in [3.8, 4) is 11.8 Å². The highest BCUT2D eigenvalue weighted by molar-refractivity contribution is 5.78. The number of nitrogens with one attached hydrogen (secondary N) is 2. The molecule has 112 valence electrons. The maximum atomic E-state index is 11.4. The van der Waals surface area contributed by atoms with Gasteiger partial charge >= 0.3 is 0 Å². The van der Waals surface area contributed by atoms with Crippen LogP contribution in [0.2, 0.25) is 0 Å². The van der Waals surface area contributed by atoms with Crippen molar-refractivity contribution >= 4 is 5.91 Å². The standard InChI is InChI=1S/C15H19N3O3/c16-7-11-2-1-3-14(6-11)21-10-13(19)8-17-9-15(20)18-12-4-5-12/h1-3,6,12-13,17,19H,4-5,8-10H2,(H,18,20). The van der Waals surface area contributed by atoms with Crippen LogP contribution in [0.15, 0.2) is 24.3 Å². The van der Waals surface area contributed by atoms with Crippen LogP contribution in [0.4, 0.5) is 0 Å². The van der Waals surface area contributed by atoms with Gasteiger partial charge in [-0.25, -0.2) is 0 Å². The highest BCUT2D eigenvalue weighted by atomic mass is 16.5. The Kier molecular flexibility index (Phi) is 5.55. The fourth-order valence-corrected chi connectivity index (χ4v) is 1.77. The first-order valence-electron chi connectivity index (χ1n) is 6.98. The zero-order valence-corrected chi connectivity index (χ0v) is 11.7. The minimum Gasteiger partial charge on any atom is -0.491 e. The van der Waals surface area contributed by atoms with Gasteiger partial charge in [0, 0.05) is 12.6 Å². The van der Waals surface area contributed by atoms with E-state index in [4.69, 9.17) is 10.00 Å². The van der Waals surface area contributed by atoms with E-state index in [1.807, 2.05) is 6.07 Å². The number of carbonyl (C=O) groups excluding carboxylic acids is 1. The van der Waals surface area contributed by atoms with E-state index in [0.29, 0.717) is 17.4 Å². The van der Waals surface area contributed by atoms with Gasteiger partial charge in [0.25, 0.3) is 0 Å². The molecule has 0 bridgehead atoms. The zero-order valence-electron chi connectivity index (χ0n) is 11.7. The van der Waals surface area contributed by atoms with Gasteiger partial charge in [0.2, 0.25) is 5.91 Å². The molecule has 6 heteroatoms. The molecule has 0 radical (unpaired) electrons. The maximum absolute atomic E-state index is 11.4. The molecule has 3 N–H and O–H groups in total. The van der Waals surface area contributed by atoms with E-state index in [2.05, 4.69) is 10.6 Å². The van der Waals surface area contributed by atoms with Crippen LogP contribution in [-0.4, -0.2) is 42.9 Å². The Bertz CT molecular complexity index is 523. The lowest BCUT2D eigenvalue weighted by Gasteiger charge is -2.13. The third-order valence-electron chi connectivity index (χ3n) is 3.01. The molecule has 2 rings (SSSR count). The summed E-state index contributed by atoms with van der Waals surface area (Å²) in [7, 11) is 0. The van der Waals surface area contributed by atoms with Gasteiger partial charge in [0.05, 0.1) is 18.2 Å².